The van der Waals surface area contributed by atoms with Crippen LogP contribution in [0.25, 0.3) is 0 Å². The van der Waals surface area contributed by atoms with Crippen molar-refractivity contribution in [2.24, 2.45) is 11.5 Å². The molecule has 0 saturated carbocycles. The van der Waals surface area contributed by atoms with Crippen LogP contribution in [-0.2, 0) is 4.74 Å². The minimum absolute atomic E-state index is 0.116. The molecule has 0 aliphatic heterocycles. The number of alkyl halides is 5. The third-order valence-electron chi connectivity index (χ3n) is 3.29. The molecule has 0 saturated heterocycles. The van der Waals surface area contributed by atoms with E-state index >= 15 is 0 Å². The summed E-state index contributed by atoms with van der Waals surface area (Å²) in [6.07, 6.45) is 4.37. The molecule has 0 amide bonds. The minimum atomic E-state index is -4.00. The first-order chi connectivity index (χ1) is 19.8. The Morgan fingerprint density at radius 1 is 0.721 bits per heavy atom. The predicted octanol–water partition coefficient (Wildman–Crippen LogP) is 10.8. The van der Waals surface area contributed by atoms with Crippen LogP contribution in [0.3, 0.4) is 0 Å². The second-order valence-electron chi connectivity index (χ2n) is 9.10. The smallest absolute Gasteiger partial charge is 0.386 e. The summed E-state index contributed by atoms with van der Waals surface area (Å²) in [6, 6.07) is 0.384. The van der Waals surface area contributed by atoms with Crippen molar-refractivity contribution in [2.45, 2.75) is 186 Å². The number of hydrogen-bond donors (Lipinski definition) is 4. The van der Waals surface area contributed by atoms with Crippen molar-refractivity contribution in [2.75, 3.05) is 33.5 Å². The summed E-state index contributed by atoms with van der Waals surface area (Å²) in [5, 5.41) is 16.2. The average molecular weight is 651 g/mol. The molecular weight excluding hydrogens is 567 g/mol. The van der Waals surface area contributed by atoms with Crippen molar-refractivity contribution in [3.8, 4) is 0 Å². The van der Waals surface area contributed by atoms with Crippen LogP contribution in [0, 0.1) is 0 Å². The molecule has 0 fully saturated rings. The number of aliphatic hydroxyl groups excluding tert-OH is 2. The van der Waals surface area contributed by atoms with Gasteiger partial charge in [0.25, 0.3) is 0 Å². The van der Waals surface area contributed by atoms with E-state index in [1.807, 2.05) is 34.6 Å². The van der Waals surface area contributed by atoms with Gasteiger partial charge in [0.1, 0.15) is 0 Å². The van der Waals surface area contributed by atoms with E-state index in [4.69, 9.17) is 21.7 Å². The van der Waals surface area contributed by atoms with Gasteiger partial charge in [0, 0.05) is 33.3 Å². The summed E-state index contributed by atoms with van der Waals surface area (Å²) < 4.78 is 57.8. The molecule has 3 atom stereocenters. The molecule has 5 nitrogen and oxygen atoms in total. The summed E-state index contributed by atoms with van der Waals surface area (Å²) in [7, 11) is 1.68. The van der Waals surface area contributed by atoms with Crippen LogP contribution < -0.4 is 11.5 Å². The molecule has 10 heteroatoms. The van der Waals surface area contributed by atoms with Crippen molar-refractivity contribution in [3.05, 3.63) is 0 Å². The molecule has 0 bridgehead atoms. The maximum atomic E-state index is 11.4. The molecule has 278 valence electrons. The van der Waals surface area contributed by atoms with E-state index in [2.05, 4.69) is 46.3 Å². The molecule has 0 rings (SSSR count). The third-order valence-corrected chi connectivity index (χ3v) is 3.29. The monoisotopic (exact) mass is 651 g/mol. The van der Waals surface area contributed by atoms with Crippen LogP contribution in [0.2, 0.25) is 0 Å². The molecule has 0 aromatic heterocycles. The van der Waals surface area contributed by atoms with Crippen LogP contribution in [0.15, 0.2) is 0 Å². The van der Waals surface area contributed by atoms with Crippen molar-refractivity contribution in [1.29, 1.82) is 0 Å². The van der Waals surface area contributed by atoms with Gasteiger partial charge >= 0.3 is 6.18 Å². The van der Waals surface area contributed by atoms with Gasteiger partial charge in [-0.3, -0.25) is 4.39 Å². The highest BCUT2D eigenvalue weighted by Gasteiger charge is 2.15. The highest BCUT2D eigenvalue weighted by atomic mass is 19.4. The molecule has 0 aliphatic rings. The molecule has 0 radical (unpaired) electrons. The van der Waals surface area contributed by atoms with E-state index in [0.717, 1.165) is 38.8 Å². The topological polar surface area (TPSA) is 102 Å². The first kappa shape index (κ1) is 69.3. The van der Waals surface area contributed by atoms with Crippen LogP contribution >= 0.6 is 0 Å². The highest BCUT2D eigenvalue weighted by molar-refractivity contribution is 4.43. The molecule has 3 unspecified atom stereocenters. The fraction of sp³-hybridized carbons (Fsp3) is 1.00. The standard InChI is InChI=1S/C4H9F.C4H11N.C4H10O.C4H10.C3H7F.C3H9N.2C3H8O.C3H8.C2H3F3/c3*1-3-4(2)5;1-3-4-2;2*1-2-3-4;1-3-4-2;1-2-3-4;1-3-2;1-2(3,4)5/h4H,3H2,1-2H3;4H,3,5H2,1-2H3;4-5H,3H2,1-2H3;3-4H2,1-2H3;2-3H2,1H3;2-4H2,1H3;3H2,1-2H3;4H,2-3H2,1H3;3H2,1-2H3;1H3. The number of nitrogens with two attached hydrogens (primary N) is 2. The van der Waals surface area contributed by atoms with E-state index in [1.165, 1.54) is 19.3 Å². The summed E-state index contributed by atoms with van der Waals surface area (Å²) in [5.41, 5.74) is 10.3. The summed E-state index contributed by atoms with van der Waals surface area (Å²) in [5.74, 6) is 0. The van der Waals surface area contributed by atoms with E-state index in [9.17, 15) is 22.0 Å². The van der Waals surface area contributed by atoms with Gasteiger partial charge in [0.05, 0.1) is 19.0 Å². The highest BCUT2D eigenvalue weighted by Crippen LogP contribution is 2.10. The van der Waals surface area contributed by atoms with Crippen molar-refractivity contribution in [3.63, 3.8) is 0 Å². The zero-order chi connectivity index (χ0) is 37.1. The second-order valence-corrected chi connectivity index (χ2v) is 9.10. The fourth-order valence-electron chi connectivity index (χ4n) is 0. The Morgan fingerprint density at radius 2 is 0.907 bits per heavy atom. The minimum Gasteiger partial charge on any atom is -0.396 e. The lowest BCUT2D eigenvalue weighted by molar-refractivity contribution is -0.110. The molecule has 0 aromatic carbocycles. The Labute approximate surface area is 268 Å². The number of halogens is 5. The quantitative estimate of drug-likeness (QED) is 0.196. The zero-order valence-corrected chi connectivity index (χ0v) is 31.8. The fourth-order valence-corrected chi connectivity index (χ4v) is 0. The van der Waals surface area contributed by atoms with Crippen molar-refractivity contribution < 1.29 is 36.9 Å². The largest absolute Gasteiger partial charge is 0.396 e. The van der Waals surface area contributed by atoms with Crippen LogP contribution in [0.5, 0.6) is 0 Å². The number of unbranched alkanes of at least 4 members (excludes halogenated alkanes) is 1. The maximum absolute atomic E-state index is 11.4. The van der Waals surface area contributed by atoms with Crippen LogP contribution in [0.1, 0.15) is 162 Å². The molecule has 0 aliphatic carbocycles. The summed E-state index contributed by atoms with van der Waals surface area (Å²) >= 11 is 0. The first-order valence-corrected chi connectivity index (χ1v) is 16.3. The van der Waals surface area contributed by atoms with Crippen LogP contribution in [-0.4, -0.2) is 68.2 Å². The first-order valence-electron chi connectivity index (χ1n) is 16.3. The van der Waals surface area contributed by atoms with Gasteiger partial charge < -0.3 is 26.4 Å². The number of rotatable bonds is 8. The molecule has 0 spiro atoms. The molecule has 43 heavy (non-hydrogen) atoms. The Hall–Kier alpha value is -0.550. The Balaban J connectivity index is -0.0000000353. The van der Waals surface area contributed by atoms with E-state index in [0.29, 0.717) is 25.5 Å². The lowest BCUT2D eigenvalue weighted by atomic mass is 10.3. The van der Waals surface area contributed by atoms with Gasteiger partial charge in [-0.15, -0.1) is 0 Å². The SMILES string of the molecule is CC(F)(F)F.CCC.CCC(C)F.CCC(C)N.CCC(C)O.CCCC.CCCF.CCCN.CCCO.CCOC. The number of hydrogen-bond acceptors (Lipinski definition) is 5. The Kier molecular flexibility index (Phi) is 135. The maximum Gasteiger partial charge on any atom is 0.386 e. The van der Waals surface area contributed by atoms with Gasteiger partial charge in [-0.1, -0.05) is 88.5 Å². The normalized spacial score (nSPS) is 10.5. The molecular formula is C33H83F5N2O3. The Bertz CT molecular complexity index is 257. The lowest BCUT2D eigenvalue weighted by Crippen LogP contribution is -2.11. The zero-order valence-electron chi connectivity index (χ0n) is 31.8. The predicted molar refractivity (Wildman–Crippen MR) is 186 cm³/mol. The van der Waals surface area contributed by atoms with Gasteiger partial charge in [0.2, 0.25) is 0 Å². The average Bonchev–Trinajstić information content (AvgIpc) is 2.97. The van der Waals surface area contributed by atoms with E-state index in [1.54, 1.807) is 27.9 Å². The summed E-state index contributed by atoms with van der Waals surface area (Å²) in [4.78, 5) is 0. The number of ether oxygens (including phenoxy) is 1. The van der Waals surface area contributed by atoms with Gasteiger partial charge in [-0.2, -0.15) is 13.2 Å². The number of methoxy groups -OCH3 is 1. The van der Waals surface area contributed by atoms with E-state index in [-0.39, 0.29) is 19.7 Å². The Morgan fingerprint density at radius 3 is 0.907 bits per heavy atom. The lowest BCUT2D eigenvalue weighted by Gasteiger charge is -1.91. The van der Waals surface area contributed by atoms with Crippen LogP contribution in [0.4, 0.5) is 22.0 Å². The molecule has 0 aromatic rings. The molecule has 6 N–H and O–H groups in total. The number of aliphatic hydroxyl groups is 2. The summed E-state index contributed by atoms with van der Waals surface area (Å²) in [6.45, 7) is 29.5. The van der Waals surface area contributed by atoms with Gasteiger partial charge in [-0.05, 0) is 72.8 Å². The van der Waals surface area contributed by atoms with Gasteiger partial charge in [-0.25, -0.2) is 4.39 Å². The molecule has 0 heterocycles. The third kappa shape index (κ3) is 591. The second kappa shape index (κ2) is 83.8. The van der Waals surface area contributed by atoms with E-state index < -0.39 is 12.3 Å². The van der Waals surface area contributed by atoms with Crippen molar-refractivity contribution in [1.82, 2.24) is 0 Å². The van der Waals surface area contributed by atoms with Gasteiger partial charge in [0.15, 0.2) is 0 Å². The van der Waals surface area contributed by atoms with Crippen molar-refractivity contribution >= 4 is 0 Å².